The highest BCUT2D eigenvalue weighted by molar-refractivity contribution is 5.99. The third-order valence-corrected chi connectivity index (χ3v) is 4.19. The van der Waals surface area contributed by atoms with Crippen molar-refractivity contribution >= 4 is 11.8 Å². The summed E-state index contributed by atoms with van der Waals surface area (Å²) in [6, 6.07) is 6.94. The molecule has 2 N–H and O–H groups in total. The highest BCUT2D eigenvalue weighted by Crippen LogP contribution is 2.06. The molecule has 1 aromatic rings. The molecule has 6 nitrogen and oxygen atoms in total. The molecule has 0 aromatic heterocycles. The van der Waals surface area contributed by atoms with E-state index in [0.29, 0.717) is 17.7 Å². The van der Waals surface area contributed by atoms with Gasteiger partial charge in [-0.2, -0.15) is 0 Å². The van der Waals surface area contributed by atoms with Crippen molar-refractivity contribution in [2.45, 2.75) is 26.3 Å². The molecule has 1 aliphatic heterocycles. The Morgan fingerprint density at radius 1 is 1.21 bits per heavy atom. The fraction of sp³-hybridized carbons (Fsp3) is 0.556. The van der Waals surface area contributed by atoms with Gasteiger partial charge in [-0.05, 0) is 31.5 Å². The first-order chi connectivity index (χ1) is 11.6. The molecule has 1 unspecified atom stereocenters. The first-order valence-electron chi connectivity index (χ1n) is 8.59. The predicted molar refractivity (Wildman–Crippen MR) is 93.3 cm³/mol. The highest BCUT2D eigenvalue weighted by Gasteiger charge is 2.13. The molecule has 24 heavy (non-hydrogen) atoms. The van der Waals surface area contributed by atoms with Crippen LogP contribution in [-0.4, -0.2) is 62.1 Å². The van der Waals surface area contributed by atoms with Crippen molar-refractivity contribution in [2.75, 3.05) is 39.4 Å². The Hall–Kier alpha value is -1.92. The lowest BCUT2D eigenvalue weighted by molar-refractivity contribution is 0.0383. The summed E-state index contributed by atoms with van der Waals surface area (Å²) in [5.74, 6) is -0.297. The number of nitrogens with zero attached hydrogens (tertiary/aromatic N) is 1. The minimum Gasteiger partial charge on any atom is -0.379 e. The molecule has 0 aliphatic carbocycles. The summed E-state index contributed by atoms with van der Waals surface area (Å²) in [7, 11) is 0. The van der Waals surface area contributed by atoms with E-state index in [2.05, 4.69) is 15.5 Å². The van der Waals surface area contributed by atoms with E-state index in [9.17, 15) is 9.59 Å². The van der Waals surface area contributed by atoms with Crippen LogP contribution in [0.1, 0.15) is 41.0 Å². The Balaban J connectivity index is 1.85. The monoisotopic (exact) mass is 333 g/mol. The molecule has 2 rings (SSSR count). The fourth-order valence-corrected chi connectivity index (χ4v) is 2.47. The van der Waals surface area contributed by atoms with Gasteiger partial charge in [-0.25, -0.2) is 0 Å². The third-order valence-electron chi connectivity index (χ3n) is 4.19. The van der Waals surface area contributed by atoms with Crippen molar-refractivity contribution in [3.63, 3.8) is 0 Å². The van der Waals surface area contributed by atoms with Crippen LogP contribution in [-0.2, 0) is 4.74 Å². The lowest BCUT2D eigenvalue weighted by atomic mass is 10.1. The molecule has 1 atom stereocenters. The quantitative estimate of drug-likeness (QED) is 0.788. The molecule has 0 bridgehead atoms. The van der Waals surface area contributed by atoms with Gasteiger partial charge in [0.1, 0.15) is 0 Å². The number of hydrogen-bond donors (Lipinski definition) is 2. The predicted octanol–water partition coefficient (Wildman–Crippen LogP) is 1.28. The zero-order valence-electron chi connectivity index (χ0n) is 14.5. The van der Waals surface area contributed by atoms with Gasteiger partial charge in [0.2, 0.25) is 0 Å². The van der Waals surface area contributed by atoms with Gasteiger partial charge in [0, 0.05) is 43.3 Å². The van der Waals surface area contributed by atoms with Crippen LogP contribution in [0.4, 0.5) is 0 Å². The fourth-order valence-electron chi connectivity index (χ4n) is 2.47. The summed E-state index contributed by atoms with van der Waals surface area (Å²) < 4.78 is 5.30. The minimum atomic E-state index is -0.151. The largest absolute Gasteiger partial charge is 0.379 e. The average Bonchev–Trinajstić information content (AvgIpc) is 2.62. The standard InChI is InChI=1S/C18H27N3O3/c1-3-14(2)20-18(23)16-6-4-5-15(13-16)17(22)19-7-8-21-9-11-24-12-10-21/h4-6,13-14H,3,7-12H2,1-2H3,(H,19,22)(H,20,23). The van der Waals surface area contributed by atoms with Gasteiger partial charge < -0.3 is 15.4 Å². The maximum absolute atomic E-state index is 12.3. The van der Waals surface area contributed by atoms with Crippen molar-refractivity contribution in [3.05, 3.63) is 35.4 Å². The number of hydrogen-bond acceptors (Lipinski definition) is 4. The van der Waals surface area contributed by atoms with E-state index in [1.54, 1.807) is 24.3 Å². The molecular formula is C18H27N3O3. The number of nitrogens with one attached hydrogen (secondary N) is 2. The van der Waals surface area contributed by atoms with Crippen LogP contribution in [0.3, 0.4) is 0 Å². The van der Waals surface area contributed by atoms with Crippen molar-refractivity contribution in [2.24, 2.45) is 0 Å². The molecule has 1 aromatic carbocycles. The van der Waals surface area contributed by atoms with E-state index in [4.69, 9.17) is 4.74 Å². The van der Waals surface area contributed by atoms with Crippen molar-refractivity contribution in [1.82, 2.24) is 15.5 Å². The number of rotatable bonds is 7. The zero-order chi connectivity index (χ0) is 17.4. The van der Waals surface area contributed by atoms with Crippen LogP contribution >= 0.6 is 0 Å². The van der Waals surface area contributed by atoms with Crippen LogP contribution in [0, 0.1) is 0 Å². The lowest BCUT2D eigenvalue weighted by Crippen LogP contribution is -2.41. The summed E-state index contributed by atoms with van der Waals surface area (Å²) in [5.41, 5.74) is 1.02. The number of carbonyl (C=O) groups excluding carboxylic acids is 2. The molecule has 1 heterocycles. The Kier molecular flexibility index (Phi) is 7.21. The van der Waals surface area contributed by atoms with E-state index in [1.807, 2.05) is 13.8 Å². The van der Waals surface area contributed by atoms with E-state index < -0.39 is 0 Å². The average molecular weight is 333 g/mol. The summed E-state index contributed by atoms with van der Waals surface area (Å²) in [6.45, 7) is 8.68. The van der Waals surface area contributed by atoms with E-state index in [0.717, 1.165) is 39.3 Å². The van der Waals surface area contributed by atoms with Gasteiger partial charge in [-0.15, -0.1) is 0 Å². The summed E-state index contributed by atoms with van der Waals surface area (Å²) in [6.07, 6.45) is 0.869. The van der Waals surface area contributed by atoms with Crippen LogP contribution in [0.15, 0.2) is 24.3 Å². The van der Waals surface area contributed by atoms with Crippen molar-refractivity contribution in [1.29, 1.82) is 0 Å². The number of amides is 2. The Bertz CT molecular complexity index is 556. The second-order valence-electron chi connectivity index (χ2n) is 6.07. The molecule has 132 valence electrons. The normalized spacial score (nSPS) is 16.4. The molecule has 0 radical (unpaired) electrons. The second-order valence-corrected chi connectivity index (χ2v) is 6.07. The van der Waals surface area contributed by atoms with Gasteiger partial charge in [0.25, 0.3) is 11.8 Å². The van der Waals surface area contributed by atoms with Gasteiger partial charge in [0.05, 0.1) is 13.2 Å². The number of morpholine rings is 1. The number of ether oxygens (including phenoxy) is 1. The van der Waals surface area contributed by atoms with E-state index >= 15 is 0 Å². The third kappa shape index (κ3) is 5.62. The first-order valence-corrected chi connectivity index (χ1v) is 8.59. The topological polar surface area (TPSA) is 70.7 Å². The molecule has 6 heteroatoms. The second kappa shape index (κ2) is 9.39. The van der Waals surface area contributed by atoms with Gasteiger partial charge in [0.15, 0.2) is 0 Å². The van der Waals surface area contributed by atoms with Crippen LogP contribution in [0.25, 0.3) is 0 Å². The summed E-state index contributed by atoms with van der Waals surface area (Å²) in [4.78, 5) is 26.7. The number of benzene rings is 1. The highest BCUT2D eigenvalue weighted by atomic mass is 16.5. The Morgan fingerprint density at radius 2 is 1.88 bits per heavy atom. The molecular weight excluding hydrogens is 306 g/mol. The molecule has 1 fully saturated rings. The summed E-state index contributed by atoms with van der Waals surface area (Å²) in [5, 5.41) is 5.82. The Labute approximate surface area is 143 Å². The van der Waals surface area contributed by atoms with Gasteiger partial charge >= 0.3 is 0 Å². The summed E-state index contributed by atoms with van der Waals surface area (Å²) >= 11 is 0. The molecule has 1 saturated heterocycles. The number of carbonyl (C=O) groups is 2. The minimum absolute atomic E-state index is 0.114. The van der Waals surface area contributed by atoms with Crippen LogP contribution in [0.5, 0.6) is 0 Å². The molecule has 1 aliphatic rings. The van der Waals surface area contributed by atoms with Crippen molar-refractivity contribution < 1.29 is 14.3 Å². The van der Waals surface area contributed by atoms with Crippen LogP contribution < -0.4 is 10.6 Å². The van der Waals surface area contributed by atoms with E-state index in [1.165, 1.54) is 0 Å². The molecule has 0 saturated carbocycles. The first kappa shape index (κ1) is 18.4. The Morgan fingerprint density at radius 3 is 2.54 bits per heavy atom. The van der Waals surface area contributed by atoms with Gasteiger partial charge in [-0.1, -0.05) is 13.0 Å². The van der Waals surface area contributed by atoms with E-state index in [-0.39, 0.29) is 17.9 Å². The van der Waals surface area contributed by atoms with Crippen LogP contribution in [0.2, 0.25) is 0 Å². The molecule has 0 spiro atoms. The smallest absolute Gasteiger partial charge is 0.251 e. The lowest BCUT2D eigenvalue weighted by Gasteiger charge is -2.26. The van der Waals surface area contributed by atoms with Crippen molar-refractivity contribution in [3.8, 4) is 0 Å². The zero-order valence-corrected chi connectivity index (χ0v) is 14.5. The van der Waals surface area contributed by atoms with Gasteiger partial charge in [-0.3, -0.25) is 14.5 Å². The molecule has 2 amide bonds. The maximum atomic E-state index is 12.3. The maximum Gasteiger partial charge on any atom is 0.251 e. The SMILES string of the molecule is CCC(C)NC(=O)c1cccc(C(=O)NCCN2CCOCC2)c1.